The number of nitrogens with one attached hydrogen (secondary N) is 2. The topological polar surface area (TPSA) is 87.6 Å². The Labute approximate surface area is 170 Å². The lowest BCUT2D eigenvalue weighted by Gasteiger charge is -2.10. The maximum absolute atomic E-state index is 13.2. The summed E-state index contributed by atoms with van der Waals surface area (Å²) >= 11 is 7.14. The second kappa shape index (κ2) is 7.38. The average Bonchev–Trinajstić information content (AvgIpc) is 3.11. The van der Waals surface area contributed by atoms with E-state index < -0.39 is 15.7 Å². The van der Waals surface area contributed by atoms with Crippen molar-refractivity contribution >= 4 is 55.6 Å². The fourth-order valence-electron chi connectivity index (χ4n) is 3.05. The Balaban J connectivity index is 1.44. The molecule has 1 fully saturated rings. The van der Waals surface area contributed by atoms with Gasteiger partial charge in [-0.05, 0) is 36.4 Å². The standard InChI is InChI=1S/C18H15ClFN3O3S2/c19-13-7-12(4-5-14(13)20)21-17(24)10-2-1-3-11(6-10)22-18-23-15-8-28(25,26)9-16(15)27-18/h1-7,15-16H,8-9H2,(H,21,24)(H,22,23). The van der Waals surface area contributed by atoms with Crippen LogP contribution in [0.4, 0.5) is 15.8 Å². The molecule has 2 heterocycles. The van der Waals surface area contributed by atoms with Gasteiger partial charge in [-0.25, -0.2) is 12.8 Å². The number of rotatable bonds is 3. The van der Waals surface area contributed by atoms with Crippen molar-refractivity contribution in [2.75, 3.05) is 22.1 Å². The van der Waals surface area contributed by atoms with Crippen molar-refractivity contribution in [1.82, 2.24) is 0 Å². The first-order valence-electron chi connectivity index (χ1n) is 8.37. The highest BCUT2D eigenvalue weighted by Crippen LogP contribution is 2.34. The minimum atomic E-state index is -3.00. The fraction of sp³-hybridized carbons (Fsp3) is 0.222. The lowest BCUT2D eigenvalue weighted by molar-refractivity contribution is 0.102. The molecule has 2 N–H and O–H groups in total. The first kappa shape index (κ1) is 19.2. The zero-order chi connectivity index (χ0) is 19.9. The summed E-state index contributed by atoms with van der Waals surface area (Å²) in [5.41, 5.74) is 1.45. The number of anilines is 2. The van der Waals surface area contributed by atoms with Gasteiger partial charge in [-0.3, -0.25) is 9.79 Å². The molecule has 2 aromatic rings. The van der Waals surface area contributed by atoms with Crippen LogP contribution in [0.15, 0.2) is 47.5 Å². The minimum absolute atomic E-state index is 0.0535. The molecule has 1 saturated heterocycles. The summed E-state index contributed by atoms with van der Waals surface area (Å²) in [4.78, 5) is 16.9. The molecule has 28 heavy (non-hydrogen) atoms. The van der Waals surface area contributed by atoms with E-state index in [1.807, 2.05) is 0 Å². The molecule has 0 aliphatic carbocycles. The third-order valence-electron chi connectivity index (χ3n) is 4.37. The summed E-state index contributed by atoms with van der Waals surface area (Å²) < 4.78 is 36.5. The van der Waals surface area contributed by atoms with Gasteiger partial charge in [0.15, 0.2) is 15.0 Å². The Morgan fingerprint density at radius 3 is 2.75 bits per heavy atom. The van der Waals surface area contributed by atoms with E-state index in [4.69, 9.17) is 11.6 Å². The number of amides is 1. The van der Waals surface area contributed by atoms with Crippen molar-refractivity contribution in [2.24, 2.45) is 4.99 Å². The summed E-state index contributed by atoms with van der Waals surface area (Å²) in [6, 6.07) is 10.6. The maximum Gasteiger partial charge on any atom is 0.255 e. The number of thioether (sulfide) groups is 1. The smallest absolute Gasteiger partial charge is 0.255 e. The number of fused-ring (bicyclic) bond motifs is 1. The number of carbonyl (C=O) groups is 1. The highest BCUT2D eigenvalue weighted by Gasteiger charge is 2.42. The van der Waals surface area contributed by atoms with Gasteiger partial charge < -0.3 is 10.6 Å². The van der Waals surface area contributed by atoms with Gasteiger partial charge in [-0.2, -0.15) is 0 Å². The van der Waals surface area contributed by atoms with Gasteiger partial charge in [0.2, 0.25) is 0 Å². The van der Waals surface area contributed by atoms with Crippen molar-refractivity contribution in [3.8, 4) is 0 Å². The van der Waals surface area contributed by atoms with E-state index in [1.54, 1.807) is 24.3 Å². The van der Waals surface area contributed by atoms with Crippen LogP contribution in [0.2, 0.25) is 5.02 Å². The van der Waals surface area contributed by atoms with E-state index in [9.17, 15) is 17.6 Å². The second-order valence-corrected chi connectivity index (χ2v) is 10.3. The molecular formula is C18H15ClFN3O3S2. The van der Waals surface area contributed by atoms with Gasteiger partial charge in [0.1, 0.15) is 5.82 Å². The molecule has 0 spiro atoms. The largest absolute Gasteiger partial charge is 0.335 e. The first-order valence-corrected chi connectivity index (χ1v) is 11.5. The number of nitrogens with zero attached hydrogens (tertiary/aromatic N) is 1. The van der Waals surface area contributed by atoms with Crippen molar-refractivity contribution < 1.29 is 17.6 Å². The molecule has 0 saturated carbocycles. The fourth-order valence-corrected chi connectivity index (χ4v) is 6.91. The number of sulfone groups is 1. The third-order valence-corrected chi connectivity index (χ3v) is 7.80. The SMILES string of the molecule is O=C(Nc1ccc(F)c(Cl)c1)c1cccc(NC2=NC3CS(=O)(=O)CC3S2)c1. The van der Waals surface area contributed by atoms with Crippen LogP contribution in [0, 0.1) is 5.82 Å². The number of halogens is 2. The normalized spacial score (nSPS) is 22.4. The molecule has 1 amide bonds. The van der Waals surface area contributed by atoms with E-state index in [2.05, 4.69) is 15.6 Å². The van der Waals surface area contributed by atoms with Gasteiger partial charge in [0, 0.05) is 22.2 Å². The summed E-state index contributed by atoms with van der Waals surface area (Å²) in [7, 11) is -3.00. The van der Waals surface area contributed by atoms with Crippen molar-refractivity contribution in [3.05, 3.63) is 58.9 Å². The van der Waals surface area contributed by atoms with Crippen LogP contribution in [0.3, 0.4) is 0 Å². The molecule has 0 radical (unpaired) electrons. The van der Waals surface area contributed by atoms with Crippen molar-refractivity contribution in [1.29, 1.82) is 0 Å². The number of benzene rings is 2. The van der Waals surface area contributed by atoms with Crippen LogP contribution in [0.5, 0.6) is 0 Å². The van der Waals surface area contributed by atoms with Crippen LogP contribution in [-0.2, 0) is 9.84 Å². The molecule has 0 aromatic heterocycles. The van der Waals surface area contributed by atoms with Gasteiger partial charge in [0.05, 0.1) is 22.6 Å². The van der Waals surface area contributed by atoms with Crippen LogP contribution < -0.4 is 10.6 Å². The highest BCUT2D eigenvalue weighted by atomic mass is 35.5. The minimum Gasteiger partial charge on any atom is -0.335 e. The average molecular weight is 440 g/mol. The zero-order valence-electron chi connectivity index (χ0n) is 14.4. The van der Waals surface area contributed by atoms with Gasteiger partial charge in [0.25, 0.3) is 5.91 Å². The number of hydrogen-bond acceptors (Lipinski definition) is 6. The number of carbonyl (C=O) groups excluding carboxylic acids is 1. The third kappa shape index (κ3) is 4.16. The van der Waals surface area contributed by atoms with Crippen LogP contribution in [0.25, 0.3) is 0 Å². The number of amidine groups is 1. The Hall–Kier alpha value is -2.10. The summed E-state index contributed by atoms with van der Waals surface area (Å²) in [6.07, 6.45) is 0. The molecule has 2 atom stereocenters. The molecule has 2 aliphatic heterocycles. The summed E-state index contributed by atoms with van der Waals surface area (Å²) in [5, 5.41) is 6.33. The Bertz CT molecular complexity index is 1090. The molecule has 4 rings (SSSR count). The Morgan fingerprint density at radius 1 is 1.18 bits per heavy atom. The lowest BCUT2D eigenvalue weighted by atomic mass is 10.2. The second-order valence-electron chi connectivity index (χ2n) is 6.52. The first-order chi connectivity index (χ1) is 13.3. The van der Waals surface area contributed by atoms with E-state index in [-0.39, 0.29) is 33.7 Å². The molecule has 10 heteroatoms. The van der Waals surface area contributed by atoms with Crippen LogP contribution >= 0.6 is 23.4 Å². The molecule has 0 bridgehead atoms. The maximum atomic E-state index is 13.2. The number of hydrogen-bond donors (Lipinski definition) is 2. The Morgan fingerprint density at radius 2 is 2.00 bits per heavy atom. The van der Waals surface area contributed by atoms with Crippen LogP contribution in [0.1, 0.15) is 10.4 Å². The molecule has 2 aliphatic rings. The summed E-state index contributed by atoms with van der Waals surface area (Å²) in [6.45, 7) is 0. The van der Waals surface area contributed by atoms with E-state index >= 15 is 0 Å². The monoisotopic (exact) mass is 439 g/mol. The zero-order valence-corrected chi connectivity index (χ0v) is 16.7. The van der Waals surface area contributed by atoms with Crippen LogP contribution in [-0.4, -0.2) is 42.3 Å². The summed E-state index contributed by atoms with van der Waals surface area (Å²) in [5.74, 6) is -0.702. The van der Waals surface area contributed by atoms with Gasteiger partial charge in [-0.15, -0.1) is 0 Å². The Kier molecular flexibility index (Phi) is 5.07. The predicted octanol–water partition coefficient (Wildman–Crippen LogP) is 3.41. The van der Waals surface area contributed by atoms with Crippen molar-refractivity contribution in [3.63, 3.8) is 0 Å². The van der Waals surface area contributed by atoms with Gasteiger partial charge >= 0.3 is 0 Å². The van der Waals surface area contributed by atoms with Crippen molar-refractivity contribution in [2.45, 2.75) is 11.3 Å². The molecule has 146 valence electrons. The van der Waals surface area contributed by atoms with Gasteiger partial charge in [-0.1, -0.05) is 29.4 Å². The molecule has 2 unspecified atom stereocenters. The van der Waals surface area contributed by atoms with E-state index in [0.29, 0.717) is 22.1 Å². The lowest BCUT2D eigenvalue weighted by Crippen LogP contribution is -2.14. The van der Waals surface area contributed by atoms with E-state index in [1.165, 1.54) is 30.0 Å². The number of aliphatic imine (C=N–C) groups is 1. The highest BCUT2D eigenvalue weighted by molar-refractivity contribution is 8.15. The molecular weight excluding hydrogens is 425 g/mol. The predicted molar refractivity (Wildman–Crippen MR) is 111 cm³/mol. The van der Waals surface area contributed by atoms with E-state index in [0.717, 1.165) is 0 Å². The molecule has 6 nitrogen and oxygen atoms in total. The molecule has 2 aromatic carbocycles. The quantitative estimate of drug-likeness (QED) is 0.765.